The summed E-state index contributed by atoms with van der Waals surface area (Å²) in [5, 5.41) is 7.52. The van der Waals surface area contributed by atoms with Gasteiger partial charge in [-0.05, 0) is 56.3 Å². The summed E-state index contributed by atoms with van der Waals surface area (Å²) in [4.78, 5) is 35.1. The zero-order valence-electron chi connectivity index (χ0n) is 18.8. The van der Waals surface area contributed by atoms with Gasteiger partial charge in [-0.3, -0.25) is 9.59 Å². The molecule has 10 heteroatoms. The number of nitrogens with one attached hydrogen (secondary N) is 1. The SMILES string of the molecule is COc1ccc(NC(=O)C2CSCN2C(=O)c2cc(-c3ccc(C)s3)nc3onc(C)c23)cc1. The van der Waals surface area contributed by atoms with Crippen LogP contribution in [0, 0.1) is 13.8 Å². The lowest BCUT2D eigenvalue weighted by Gasteiger charge is -2.23. The molecule has 1 fully saturated rings. The Bertz CT molecular complexity index is 1380. The van der Waals surface area contributed by atoms with Crippen molar-refractivity contribution in [1.29, 1.82) is 0 Å². The second-order valence-electron chi connectivity index (χ2n) is 7.92. The van der Waals surface area contributed by atoms with E-state index in [1.54, 1.807) is 72.4 Å². The van der Waals surface area contributed by atoms with Crippen molar-refractivity contribution < 1.29 is 18.8 Å². The molecule has 4 heterocycles. The number of fused-ring (bicyclic) bond motifs is 1. The number of carbonyl (C=O) groups excluding carboxylic acids is 2. The molecular formula is C24H22N4O4S2. The topological polar surface area (TPSA) is 97.6 Å². The van der Waals surface area contributed by atoms with E-state index in [0.717, 1.165) is 9.75 Å². The van der Waals surface area contributed by atoms with Gasteiger partial charge in [0.2, 0.25) is 5.91 Å². The second-order valence-corrected chi connectivity index (χ2v) is 10.2. The van der Waals surface area contributed by atoms with Crippen molar-refractivity contribution in [3.05, 3.63) is 58.6 Å². The third-order valence-corrected chi connectivity index (χ3v) is 7.68. The van der Waals surface area contributed by atoms with Crippen LogP contribution in [0.2, 0.25) is 0 Å². The molecule has 0 aliphatic carbocycles. The van der Waals surface area contributed by atoms with Crippen LogP contribution in [-0.4, -0.2) is 51.6 Å². The molecule has 0 bridgehead atoms. The molecule has 1 N–H and O–H groups in total. The fourth-order valence-electron chi connectivity index (χ4n) is 3.88. The molecule has 1 unspecified atom stereocenters. The molecule has 0 radical (unpaired) electrons. The maximum absolute atomic E-state index is 13.8. The Hall–Kier alpha value is -3.37. The van der Waals surface area contributed by atoms with Gasteiger partial charge in [-0.2, -0.15) is 0 Å². The summed E-state index contributed by atoms with van der Waals surface area (Å²) in [5.74, 6) is 1.16. The number of hydrogen-bond acceptors (Lipinski definition) is 8. The first-order valence-corrected chi connectivity index (χ1v) is 12.6. The summed E-state index contributed by atoms with van der Waals surface area (Å²) in [5.41, 5.74) is 2.64. The van der Waals surface area contributed by atoms with E-state index >= 15 is 0 Å². The van der Waals surface area contributed by atoms with Crippen molar-refractivity contribution in [2.24, 2.45) is 0 Å². The lowest BCUT2D eigenvalue weighted by molar-refractivity contribution is -0.119. The van der Waals surface area contributed by atoms with Crippen molar-refractivity contribution >= 4 is 51.7 Å². The molecule has 2 amide bonds. The number of methoxy groups -OCH3 is 1. The number of ether oxygens (including phenoxy) is 1. The van der Waals surface area contributed by atoms with Gasteiger partial charge < -0.3 is 19.5 Å². The van der Waals surface area contributed by atoms with Crippen LogP contribution in [0.4, 0.5) is 5.69 Å². The average Bonchev–Trinajstić information content (AvgIpc) is 3.59. The van der Waals surface area contributed by atoms with Crippen LogP contribution in [0.25, 0.3) is 21.7 Å². The third-order valence-electron chi connectivity index (χ3n) is 5.64. The van der Waals surface area contributed by atoms with Crippen LogP contribution in [0.1, 0.15) is 20.9 Å². The summed E-state index contributed by atoms with van der Waals surface area (Å²) < 4.78 is 10.6. The Morgan fingerprint density at radius 2 is 1.97 bits per heavy atom. The Balaban J connectivity index is 1.46. The highest BCUT2D eigenvalue weighted by Gasteiger charge is 2.36. The minimum atomic E-state index is -0.601. The maximum atomic E-state index is 13.8. The molecule has 174 valence electrons. The monoisotopic (exact) mass is 494 g/mol. The fourth-order valence-corrected chi connectivity index (χ4v) is 5.86. The Kier molecular flexibility index (Phi) is 6.01. The highest BCUT2D eigenvalue weighted by molar-refractivity contribution is 7.99. The average molecular weight is 495 g/mol. The van der Waals surface area contributed by atoms with E-state index in [-0.39, 0.29) is 11.8 Å². The van der Waals surface area contributed by atoms with Crippen LogP contribution in [0.15, 0.2) is 47.0 Å². The molecule has 1 aromatic carbocycles. The number of anilines is 1. The number of pyridine rings is 1. The highest BCUT2D eigenvalue weighted by Crippen LogP contribution is 2.33. The second kappa shape index (κ2) is 9.11. The molecule has 1 aliphatic rings. The molecular weight excluding hydrogens is 472 g/mol. The summed E-state index contributed by atoms with van der Waals surface area (Å²) >= 11 is 3.14. The van der Waals surface area contributed by atoms with Gasteiger partial charge >= 0.3 is 0 Å². The van der Waals surface area contributed by atoms with Gasteiger partial charge in [-0.15, -0.1) is 23.1 Å². The number of hydrogen-bond donors (Lipinski definition) is 1. The van der Waals surface area contributed by atoms with Crippen LogP contribution in [0.3, 0.4) is 0 Å². The van der Waals surface area contributed by atoms with Gasteiger partial charge in [0.05, 0.1) is 40.2 Å². The summed E-state index contributed by atoms with van der Waals surface area (Å²) in [6.45, 7) is 3.80. The van der Waals surface area contributed by atoms with Gasteiger partial charge in [-0.1, -0.05) is 5.16 Å². The summed E-state index contributed by atoms with van der Waals surface area (Å²) in [6.07, 6.45) is 0. The van der Waals surface area contributed by atoms with Crippen molar-refractivity contribution in [3.63, 3.8) is 0 Å². The first-order chi connectivity index (χ1) is 16.4. The zero-order valence-corrected chi connectivity index (χ0v) is 20.5. The van der Waals surface area contributed by atoms with E-state index in [9.17, 15) is 9.59 Å². The van der Waals surface area contributed by atoms with Crippen LogP contribution in [-0.2, 0) is 4.79 Å². The van der Waals surface area contributed by atoms with Crippen molar-refractivity contribution in [3.8, 4) is 16.3 Å². The summed E-state index contributed by atoms with van der Waals surface area (Å²) in [6, 6.07) is 12.3. The quantitative estimate of drug-likeness (QED) is 0.428. The lowest BCUT2D eigenvalue weighted by Crippen LogP contribution is -2.44. The van der Waals surface area contributed by atoms with E-state index < -0.39 is 6.04 Å². The number of carbonyl (C=O) groups is 2. The standard InChI is InChI=1S/C24H22N4O4S2/c1-13-4-9-20(34-13)18-10-17(21-14(2)27-32-23(21)26-18)24(30)28-12-33-11-19(28)22(29)25-15-5-7-16(31-3)8-6-15/h4-10,19H,11-12H2,1-3H3,(H,25,29). The number of aryl methyl sites for hydroxylation is 2. The van der Waals surface area contributed by atoms with Crippen LogP contribution >= 0.6 is 23.1 Å². The van der Waals surface area contributed by atoms with E-state index in [1.165, 1.54) is 0 Å². The predicted octanol–water partition coefficient (Wildman–Crippen LogP) is 4.73. The van der Waals surface area contributed by atoms with Crippen LogP contribution < -0.4 is 10.1 Å². The fraction of sp³-hybridized carbons (Fsp3) is 0.250. The highest BCUT2D eigenvalue weighted by atomic mass is 32.2. The molecule has 34 heavy (non-hydrogen) atoms. The number of aromatic nitrogens is 2. The largest absolute Gasteiger partial charge is 0.497 e. The smallest absolute Gasteiger partial charge is 0.259 e. The molecule has 4 aromatic rings. The molecule has 1 aliphatic heterocycles. The predicted molar refractivity (Wildman–Crippen MR) is 133 cm³/mol. The van der Waals surface area contributed by atoms with E-state index in [1.807, 2.05) is 19.1 Å². The summed E-state index contributed by atoms with van der Waals surface area (Å²) in [7, 11) is 1.59. The van der Waals surface area contributed by atoms with Gasteiger partial charge in [0.25, 0.3) is 11.6 Å². The first-order valence-electron chi connectivity index (χ1n) is 10.6. The first kappa shape index (κ1) is 22.4. The Labute approximate surface area is 204 Å². The normalized spacial score (nSPS) is 15.6. The van der Waals surface area contributed by atoms with E-state index in [0.29, 0.717) is 51.1 Å². The van der Waals surface area contributed by atoms with Gasteiger partial charge in [0, 0.05) is 16.3 Å². The number of rotatable bonds is 5. The number of nitrogens with zero attached hydrogens (tertiary/aromatic N) is 3. The lowest BCUT2D eigenvalue weighted by atomic mass is 10.1. The molecule has 5 rings (SSSR count). The molecule has 3 aromatic heterocycles. The van der Waals surface area contributed by atoms with Crippen molar-refractivity contribution in [2.75, 3.05) is 24.1 Å². The molecule has 1 saturated heterocycles. The van der Waals surface area contributed by atoms with Crippen molar-refractivity contribution in [2.45, 2.75) is 19.9 Å². The van der Waals surface area contributed by atoms with E-state index in [2.05, 4.69) is 15.5 Å². The molecule has 0 saturated carbocycles. The molecule has 8 nitrogen and oxygen atoms in total. The molecule has 1 atom stereocenters. The van der Waals surface area contributed by atoms with Gasteiger partial charge in [0.1, 0.15) is 11.8 Å². The van der Waals surface area contributed by atoms with Gasteiger partial charge in [0.15, 0.2) is 0 Å². The number of thiophene rings is 1. The van der Waals surface area contributed by atoms with Gasteiger partial charge in [-0.25, -0.2) is 4.98 Å². The number of amides is 2. The number of benzene rings is 1. The van der Waals surface area contributed by atoms with E-state index in [4.69, 9.17) is 9.26 Å². The minimum Gasteiger partial charge on any atom is -0.497 e. The Morgan fingerprint density at radius 3 is 2.68 bits per heavy atom. The third kappa shape index (κ3) is 4.14. The zero-order chi connectivity index (χ0) is 23.8. The van der Waals surface area contributed by atoms with Crippen LogP contribution in [0.5, 0.6) is 5.75 Å². The minimum absolute atomic E-state index is 0.232. The van der Waals surface area contributed by atoms with Crippen molar-refractivity contribution in [1.82, 2.24) is 15.0 Å². The molecule has 0 spiro atoms. The Morgan fingerprint density at radius 1 is 1.18 bits per heavy atom. The maximum Gasteiger partial charge on any atom is 0.259 e. The number of thioether (sulfide) groups is 1.